The van der Waals surface area contributed by atoms with Crippen molar-refractivity contribution in [2.45, 2.75) is 125 Å². The number of cyclic esters (lactones) is 1. The Kier molecular flexibility index (Phi) is 12.2. The van der Waals surface area contributed by atoms with Crippen LogP contribution in [-0.2, 0) is 28.6 Å². The molecule has 0 amide bonds. The lowest BCUT2D eigenvalue weighted by Crippen LogP contribution is -2.42. The molecule has 2 aliphatic carbocycles. The Morgan fingerprint density at radius 3 is 2.59 bits per heavy atom. The van der Waals surface area contributed by atoms with Crippen LogP contribution in [0, 0.1) is 48.9 Å². The summed E-state index contributed by atoms with van der Waals surface area (Å²) < 4.78 is 23.9. The van der Waals surface area contributed by atoms with Crippen LogP contribution in [0.2, 0.25) is 0 Å². The Morgan fingerprint density at radius 2 is 1.85 bits per heavy atom. The molecule has 7 heteroatoms. The van der Waals surface area contributed by atoms with Crippen LogP contribution in [-0.4, -0.2) is 42.8 Å². The van der Waals surface area contributed by atoms with E-state index in [4.69, 9.17) is 18.9 Å². The molecule has 0 spiro atoms. The molecule has 46 heavy (non-hydrogen) atoms. The van der Waals surface area contributed by atoms with Gasteiger partial charge in [-0.05, 0) is 107 Å². The van der Waals surface area contributed by atoms with Crippen molar-refractivity contribution < 1.29 is 33.3 Å². The number of carbonyl (C=O) groups is 3. The predicted molar refractivity (Wildman–Crippen MR) is 179 cm³/mol. The molecule has 0 bridgehead atoms. The lowest BCUT2D eigenvalue weighted by molar-refractivity contribution is -0.175. The lowest BCUT2D eigenvalue weighted by Gasteiger charge is -2.43. The van der Waals surface area contributed by atoms with Gasteiger partial charge in [0.05, 0.1) is 24.4 Å². The number of hydrogen-bond donors (Lipinski definition) is 0. The number of hydrogen-bond acceptors (Lipinski definition) is 7. The molecule has 7 nitrogen and oxygen atoms in total. The van der Waals surface area contributed by atoms with Crippen molar-refractivity contribution in [3.8, 4) is 5.75 Å². The Balaban J connectivity index is 1.32. The fourth-order valence-corrected chi connectivity index (χ4v) is 7.11. The summed E-state index contributed by atoms with van der Waals surface area (Å²) in [4.78, 5) is 38.8. The number of rotatable bonds is 13. The molecule has 8 atom stereocenters. The van der Waals surface area contributed by atoms with Crippen molar-refractivity contribution in [1.29, 1.82) is 0 Å². The molecular formula is C39H56O7. The van der Waals surface area contributed by atoms with Crippen molar-refractivity contribution in [2.75, 3.05) is 6.61 Å². The molecule has 1 fully saturated rings. The van der Waals surface area contributed by atoms with Crippen LogP contribution in [0.1, 0.15) is 104 Å². The third kappa shape index (κ3) is 9.25. The number of fused-ring (bicyclic) bond motifs is 1. The van der Waals surface area contributed by atoms with E-state index in [1.807, 2.05) is 53.7 Å². The van der Waals surface area contributed by atoms with Gasteiger partial charge in [-0.1, -0.05) is 58.1 Å². The van der Waals surface area contributed by atoms with Gasteiger partial charge in [0, 0.05) is 12.3 Å². The first-order valence-electron chi connectivity index (χ1n) is 17.5. The largest absolute Gasteiger partial charge is 0.493 e. The third-order valence-corrected chi connectivity index (χ3v) is 10.3. The van der Waals surface area contributed by atoms with Gasteiger partial charge in [-0.3, -0.25) is 14.4 Å². The van der Waals surface area contributed by atoms with Crippen LogP contribution < -0.4 is 4.74 Å². The van der Waals surface area contributed by atoms with Crippen molar-refractivity contribution in [3.63, 3.8) is 0 Å². The molecule has 1 saturated heterocycles. The minimum atomic E-state index is -0.700. The number of benzene rings is 1. The summed E-state index contributed by atoms with van der Waals surface area (Å²) in [5.41, 5.74) is 2.79. The summed E-state index contributed by atoms with van der Waals surface area (Å²) in [5.74, 6) is 1.03. The fourth-order valence-electron chi connectivity index (χ4n) is 7.11. The second-order valence-electron chi connectivity index (χ2n) is 14.8. The van der Waals surface area contributed by atoms with Crippen molar-refractivity contribution in [1.82, 2.24) is 0 Å². The molecule has 4 rings (SSSR count). The Hall–Kier alpha value is -3.09. The lowest BCUT2D eigenvalue weighted by atomic mass is 9.65. The Bertz CT molecular complexity index is 1290. The number of esters is 3. The highest BCUT2D eigenvalue weighted by atomic mass is 16.6. The zero-order valence-electron chi connectivity index (χ0n) is 29.3. The van der Waals surface area contributed by atoms with Gasteiger partial charge in [0.15, 0.2) is 0 Å². The van der Waals surface area contributed by atoms with Gasteiger partial charge in [-0.25, -0.2) is 0 Å². The van der Waals surface area contributed by atoms with E-state index in [1.165, 1.54) is 5.57 Å². The van der Waals surface area contributed by atoms with Gasteiger partial charge in [-0.15, -0.1) is 0 Å². The number of ether oxygens (including phenoxy) is 4. The summed E-state index contributed by atoms with van der Waals surface area (Å²) in [6, 6.07) is 6.15. The van der Waals surface area contributed by atoms with Crippen LogP contribution in [0.25, 0.3) is 0 Å². The molecule has 254 valence electrons. The second-order valence-corrected chi connectivity index (χ2v) is 14.8. The van der Waals surface area contributed by atoms with E-state index < -0.39 is 11.5 Å². The summed E-state index contributed by atoms with van der Waals surface area (Å²) in [6.07, 6.45) is 10.8. The molecule has 1 aromatic carbocycles. The first-order chi connectivity index (χ1) is 21.8. The molecule has 1 aromatic rings. The highest BCUT2D eigenvalue weighted by Crippen LogP contribution is 2.45. The summed E-state index contributed by atoms with van der Waals surface area (Å²) >= 11 is 0. The minimum absolute atomic E-state index is 0.0810. The third-order valence-electron chi connectivity index (χ3n) is 10.3. The van der Waals surface area contributed by atoms with Crippen LogP contribution in [0.4, 0.5) is 0 Å². The molecule has 3 aliphatic rings. The first kappa shape index (κ1) is 35.8. The van der Waals surface area contributed by atoms with E-state index in [0.29, 0.717) is 44.1 Å². The minimum Gasteiger partial charge on any atom is -0.493 e. The van der Waals surface area contributed by atoms with Gasteiger partial charge in [0.25, 0.3) is 0 Å². The molecule has 1 heterocycles. The first-order valence-corrected chi connectivity index (χ1v) is 17.5. The molecular weight excluding hydrogens is 580 g/mol. The van der Waals surface area contributed by atoms with Gasteiger partial charge in [-0.2, -0.15) is 0 Å². The molecule has 0 radical (unpaired) electrons. The van der Waals surface area contributed by atoms with E-state index in [2.05, 4.69) is 38.1 Å². The number of carbonyl (C=O) groups excluding carboxylic acids is 3. The van der Waals surface area contributed by atoms with Crippen molar-refractivity contribution >= 4 is 17.9 Å². The molecule has 0 N–H and O–H groups in total. The maximum Gasteiger partial charge on any atom is 0.311 e. The normalized spacial score (nSPS) is 28.4. The number of allylic oxidation sites excluding steroid dienone is 3. The van der Waals surface area contributed by atoms with E-state index in [1.54, 1.807) is 0 Å². The van der Waals surface area contributed by atoms with E-state index in [9.17, 15) is 14.4 Å². The topological polar surface area (TPSA) is 88.1 Å². The molecule has 0 aromatic heterocycles. The molecule has 0 saturated carbocycles. The highest BCUT2D eigenvalue weighted by molar-refractivity contribution is 5.77. The molecule has 1 unspecified atom stereocenters. The van der Waals surface area contributed by atoms with Gasteiger partial charge >= 0.3 is 17.9 Å². The van der Waals surface area contributed by atoms with E-state index >= 15 is 0 Å². The Labute approximate surface area is 276 Å². The zero-order valence-corrected chi connectivity index (χ0v) is 29.3. The standard InChI is InChI=1S/C39H56O7/c1-9-26(4)37(41)46-34-21-25(3)19-29-14-13-27(5)32(36(29)34)16-15-30-22-31(23-35(40)44-30)45-38(42)39(7,8)17-10-18-43-33-20-24(2)11-12-28(33)6/h11-14,19-20,25-27,30-32,34,36H,9-10,15-18,21-23H2,1-8H3/t25-,26-,27-,30?,31-,32-,34+,36-/m1/s1. The number of aryl methyl sites for hydroxylation is 2. The zero-order chi connectivity index (χ0) is 33.6. The average molecular weight is 637 g/mol. The van der Waals surface area contributed by atoms with Crippen LogP contribution in [0.5, 0.6) is 5.75 Å². The maximum atomic E-state index is 13.3. The highest BCUT2D eigenvalue weighted by Gasteiger charge is 2.43. The average Bonchev–Trinajstić information content (AvgIpc) is 2.99. The molecule has 1 aliphatic heterocycles. The smallest absolute Gasteiger partial charge is 0.311 e. The van der Waals surface area contributed by atoms with Gasteiger partial charge < -0.3 is 18.9 Å². The van der Waals surface area contributed by atoms with Crippen molar-refractivity contribution in [2.24, 2.45) is 35.0 Å². The fraction of sp³-hybridized carbons (Fsp3) is 0.667. The van der Waals surface area contributed by atoms with Crippen molar-refractivity contribution in [3.05, 3.63) is 53.1 Å². The monoisotopic (exact) mass is 636 g/mol. The summed E-state index contributed by atoms with van der Waals surface area (Å²) in [5, 5.41) is 0. The summed E-state index contributed by atoms with van der Waals surface area (Å²) in [6.45, 7) is 16.7. The SMILES string of the molecule is CC[C@@H](C)C(=O)O[C@H]1C[C@H](C)C=C2C=C[C@@H](C)[C@@H](CCC3C[C@@H](OC(=O)C(C)(C)CCCOc4cc(C)ccc4C)CC(=O)O3)[C@@H]21. The second kappa shape index (κ2) is 15.7. The van der Waals surface area contributed by atoms with E-state index in [0.717, 1.165) is 36.1 Å². The maximum absolute atomic E-state index is 13.3. The van der Waals surface area contributed by atoms with Crippen LogP contribution in [0.15, 0.2) is 42.0 Å². The van der Waals surface area contributed by atoms with Gasteiger partial charge in [0.2, 0.25) is 0 Å². The van der Waals surface area contributed by atoms with Gasteiger partial charge in [0.1, 0.15) is 24.1 Å². The quantitative estimate of drug-likeness (QED) is 0.122. The van der Waals surface area contributed by atoms with Crippen LogP contribution in [0.3, 0.4) is 0 Å². The van der Waals surface area contributed by atoms with E-state index in [-0.39, 0.29) is 54.3 Å². The Morgan fingerprint density at radius 1 is 1.09 bits per heavy atom. The summed E-state index contributed by atoms with van der Waals surface area (Å²) in [7, 11) is 0. The van der Waals surface area contributed by atoms with Crippen LogP contribution >= 0.6 is 0 Å². The predicted octanol–water partition coefficient (Wildman–Crippen LogP) is 8.25.